The summed E-state index contributed by atoms with van der Waals surface area (Å²) >= 11 is 3.08. The van der Waals surface area contributed by atoms with Crippen LogP contribution in [0.1, 0.15) is 43.0 Å². The van der Waals surface area contributed by atoms with E-state index in [1.165, 1.54) is 27.8 Å². The van der Waals surface area contributed by atoms with Crippen molar-refractivity contribution >= 4 is 39.8 Å². The second kappa shape index (κ2) is 8.55. The number of carboxylic acids is 1. The summed E-state index contributed by atoms with van der Waals surface area (Å²) in [6.45, 7) is 6.69. The second-order valence-corrected chi connectivity index (χ2v) is 9.00. The predicted octanol–water partition coefficient (Wildman–Crippen LogP) is 4.56. The molecule has 0 saturated carbocycles. The molecule has 1 fully saturated rings. The summed E-state index contributed by atoms with van der Waals surface area (Å²) in [6.07, 6.45) is 5.37. The molecule has 2 aliphatic heterocycles. The van der Waals surface area contributed by atoms with Crippen LogP contribution in [0.3, 0.4) is 0 Å². The van der Waals surface area contributed by atoms with E-state index in [9.17, 15) is 14.7 Å². The van der Waals surface area contributed by atoms with Gasteiger partial charge in [0.05, 0.1) is 5.92 Å². The molecule has 0 aromatic carbocycles. The van der Waals surface area contributed by atoms with E-state index in [4.69, 9.17) is 0 Å². The van der Waals surface area contributed by atoms with Crippen LogP contribution in [0.15, 0.2) is 28.0 Å². The highest BCUT2D eigenvalue weighted by atomic mass is 32.2. The standard InChI is InChI=1S/C20H25NO3S2/c1-13-7-10-25-18(13)16(19-14(2)11-17(22)26-19)6-4-9-21-8-3-5-15(12-21)20(23)24/h7,10-11,15H,3-6,8-9,12H2,1-2H3,(H,23,24)/t15-/m1/s1. The summed E-state index contributed by atoms with van der Waals surface area (Å²) in [5.41, 5.74) is 3.59. The van der Waals surface area contributed by atoms with Gasteiger partial charge in [-0.05, 0) is 98.6 Å². The van der Waals surface area contributed by atoms with E-state index >= 15 is 0 Å². The fourth-order valence-corrected chi connectivity index (χ4v) is 5.76. The number of nitrogens with zero attached hydrogens (tertiary/aromatic N) is 1. The zero-order chi connectivity index (χ0) is 18.7. The Morgan fingerprint density at radius 2 is 2.19 bits per heavy atom. The number of hydrogen-bond donors (Lipinski definition) is 1. The third kappa shape index (κ3) is 4.48. The number of aryl methyl sites for hydroxylation is 1. The molecule has 2 aliphatic rings. The summed E-state index contributed by atoms with van der Waals surface area (Å²) in [7, 11) is 0. The normalized spacial score (nSPS) is 23.2. The lowest BCUT2D eigenvalue weighted by atomic mass is 9.97. The summed E-state index contributed by atoms with van der Waals surface area (Å²) in [4.78, 5) is 27.7. The molecule has 0 unspecified atom stereocenters. The molecule has 0 aliphatic carbocycles. The topological polar surface area (TPSA) is 57.6 Å². The molecule has 1 atom stereocenters. The van der Waals surface area contributed by atoms with E-state index in [1.54, 1.807) is 17.4 Å². The van der Waals surface area contributed by atoms with Gasteiger partial charge < -0.3 is 10.0 Å². The van der Waals surface area contributed by atoms with Crippen molar-refractivity contribution in [2.75, 3.05) is 19.6 Å². The zero-order valence-corrected chi connectivity index (χ0v) is 16.9. The highest BCUT2D eigenvalue weighted by molar-refractivity contribution is 8.18. The van der Waals surface area contributed by atoms with E-state index < -0.39 is 5.97 Å². The molecule has 26 heavy (non-hydrogen) atoms. The van der Waals surface area contributed by atoms with Gasteiger partial charge in [-0.3, -0.25) is 9.59 Å². The summed E-state index contributed by atoms with van der Waals surface area (Å²) < 4.78 is 0. The third-order valence-electron chi connectivity index (χ3n) is 5.06. The van der Waals surface area contributed by atoms with Gasteiger partial charge in [0.25, 0.3) is 0 Å². The lowest BCUT2D eigenvalue weighted by molar-refractivity contribution is -0.143. The van der Waals surface area contributed by atoms with Crippen LogP contribution < -0.4 is 0 Å². The Morgan fingerprint density at radius 3 is 2.81 bits per heavy atom. The fourth-order valence-electron chi connectivity index (χ4n) is 3.70. The molecule has 3 heterocycles. The number of allylic oxidation sites excluding steroid dienone is 2. The number of rotatable bonds is 6. The number of aliphatic carboxylic acids is 1. The van der Waals surface area contributed by atoms with E-state index in [0.29, 0.717) is 6.54 Å². The maximum Gasteiger partial charge on any atom is 0.307 e. The van der Waals surface area contributed by atoms with Crippen LogP contribution in [0.4, 0.5) is 0 Å². The van der Waals surface area contributed by atoms with Gasteiger partial charge in [-0.15, -0.1) is 11.3 Å². The van der Waals surface area contributed by atoms with Crippen molar-refractivity contribution < 1.29 is 14.7 Å². The minimum Gasteiger partial charge on any atom is -0.481 e. The minimum absolute atomic E-state index is 0.115. The molecule has 1 N–H and O–H groups in total. The van der Waals surface area contributed by atoms with E-state index in [1.807, 2.05) is 6.92 Å². The number of piperidine rings is 1. The van der Waals surface area contributed by atoms with Gasteiger partial charge in [-0.1, -0.05) is 0 Å². The quantitative estimate of drug-likeness (QED) is 0.770. The van der Waals surface area contributed by atoms with Crippen molar-refractivity contribution in [2.45, 2.75) is 39.5 Å². The first-order valence-electron chi connectivity index (χ1n) is 9.09. The van der Waals surface area contributed by atoms with Crippen LogP contribution in [-0.4, -0.2) is 40.7 Å². The molecule has 0 bridgehead atoms. The first-order chi connectivity index (χ1) is 12.5. The van der Waals surface area contributed by atoms with Gasteiger partial charge in [0, 0.05) is 16.3 Å². The lowest BCUT2D eigenvalue weighted by Gasteiger charge is -2.30. The Bertz CT molecular complexity index is 763. The molecule has 1 saturated heterocycles. The van der Waals surface area contributed by atoms with Crippen molar-refractivity contribution in [2.24, 2.45) is 5.92 Å². The number of carboxylic acid groups (broad SMARTS) is 1. The van der Waals surface area contributed by atoms with Gasteiger partial charge in [0.1, 0.15) is 0 Å². The summed E-state index contributed by atoms with van der Waals surface area (Å²) in [5, 5.41) is 11.5. The zero-order valence-electron chi connectivity index (χ0n) is 15.3. The highest BCUT2D eigenvalue weighted by Gasteiger charge is 2.26. The molecule has 0 spiro atoms. The summed E-state index contributed by atoms with van der Waals surface area (Å²) in [6, 6.07) is 2.13. The van der Waals surface area contributed by atoms with Gasteiger partial charge in [0.15, 0.2) is 0 Å². The molecule has 4 nitrogen and oxygen atoms in total. The largest absolute Gasteiger partial charge is 0.481 e. The minimum atomic E-state index is -0.673. The van der Waals surface area contributed by atoms with Crippen molar-refractivity contribution in [3.63, 3.8) is 0 Å². The summed E-state index contributed by atoms with van der Waals surface area (Å²) in [5.74, 6) is -0.900. The number of thiophene rings is 1. The average molecular weight is 392 g/mol. The molecule has 140 valence electrons. The number of carbonyl (C=O) groups excluding carboxylic acids is 1. The Labute approximate surface area is 163 Å². The van der Waals surface area contributed by atoms with Gasteiger partial charge in [-0.2, -0.15) is 0 Å². The van der Waals surface area contributed by atoms with Gasteiger partial charge in [0.2, 0.25) is 5.12 Å². The average Bonchev–Trinajstić information content (AvgIpc) is 3.17. The van der Waals surface area contributed by atoms with Crippen LogP contribution >= 0.6 is 23.1 Å². The monoisotopic (exact) mass is 391 g/mol. The maximum atomic E-state index is 11.8. The van der Waals surface area contributed by atoms with Gasteiger partial charge in [-0.25, -0.2) is 0 Å². The molecule has 0 amide bonds. The van der Waals surface area contributed by atoms with Crippen LogP contribution in [0.2, 0.25) is 0 Å². The van der Waals surface area contributed by atoms with Crippen molar-refractivity contribution in [3.8, 4) is 0 Å². The molecular weight excluding hydrogens is 366 g/mol. The Balaban J connectivity index is 1.69. The molecule has 6 heteroatoms. The van der Waals surface area contributed by atoms with Crippen LogP contribution in [0, 0.1) is 12.8 Å². The number of thioether (sulfide) groups is 1. The third-order valence-corrected chi connectivity index (χ3v) is 7.23. The Morgan fingerprint density at radius 1 is 1.38 bits per heavy atom. The van der Waals surface area contributed by atoms with E-state index in [2.05, 4.69) is 23.3 Å². The van der Waals surface area contributed by atoms with Crippen LogP contribution in [0.25, 0.3) is 5.57 Å². The molecule has 1 aromatic rings. The predicted molar refractivity (Wildman–Crippen MR) is 108 cm³/mol. The molecular formula is C20H25NO3S2. The Kier molecular flexibility index (Phi) is 6.37. The fraction of sp³-hybridized carbons (Fsp3) is 0.500. The van der Waals surface area contributed by atoms with Crippen LogP contribution in [0.5, 0.6) is 0 Å². The first kappa shape index (κ1) is 19.4. The SMILES string of the molecule is CC1=CC(=O)SC1=C(CCCN1CCC[C@@H](C(=O)O)C1)c1sccc1C. The molecule has 3 rings (SSSR count). The number of carbonyl (C=O) groups is 2. The molecule has 0 radical (unpaired) electrons. The smallest absolute Gasteiger partial charge is 0.307 e. The van der Waals surface area contributed by atoms with Gasteiger partial charge >= 0.3 is 5.97 Å². The highest BCUT2D eigenvalue weighted by Crippen LogP contribution is 2.42. The molecule has 1 aromatic heterocycles. The van der Waals surface area contributed by atoms with Crippen LogP contribution in [-0.2, 0) is 9.59 Å². The number of likely N-dealkylation sites (tertiary alicyclic amines) is 1. The second-order valence-electron chi connectivity index (χ2n) is 7.07. The van der Waals surface area contributed by atoms with Crippen molar-refractivity contribution in [1.82, 2.24) is 4.90 Å². The van der Waals surface area contributed by atoms with Crippen molar-refractivity contribution in [3.05, 3.63) is 38.4 Å². The van der Waals surface area contributed by atoms with E-state index in [-0.39, 0.29) is 11.0 Å². The number of hydrogen-bond acceptors (Lipinski definition) is 5. The first-order valence-corrected chi connectivity index (χ1v) is 10.8. The maximum absolute atomic E-state index is 11.8. The van der Waals surface area contributed by atoms with Crippen molar-refractivity contribution in [1.29, 1.82) is 0 Å². The van der Waals surface area contributed by atoms with E-state index in [0.717, 1.165) is 49.3 Å². The lowest BCUT2D eigenvalue weighted by Crippen LogP contribution is -2.39. The Hall–Kier alpha value is -1.37.